The minimum absolute atomic E-state index is 0.251. The second-order valence-electron chi connectivity index (χ2n) is 5.80. The summed E-state index contributed by atoms with van der Waals surface area (Å²) in [5.41, 5.74) is 13.0. The van der Waals surface area contributed by atoms with Gasteiger partial charge in [-0.2, -0.15) is 0 Å². The van der Waals surface area contributed by atoms with Gasteiger partial charge >= 0.3 is 0 Å². The summed E-state index contributed by atoms with van der Waals surface area (Å²) in [5, 5.41) is 2.12. The number of ether oxygens (including phenoxy) is 2. The summed E-state index contributed by atoms with van der Waals surface area (Å²) >= 11 is 1.23. The molecule has 0 unspecified atom stereocenters. The summed E-state index contributed by atoms with van der Waals surface area (Å²) in [6, 6.07) is 13.2. The van der Waals surface area contributed by atoms with E-state index in [9.17, 15) is 9.59 Å². The number of methoxy groups -OCH3 is 2. The van der Waals surface area contributed by atoms with E-state index >= 15 is 0 Å². The van der Waals surface area contributed by atoms with E-state index in [1.165, 1.54) is 23.3 Å². The van der Waals surface area contributed by atoms with Gasteiger partial charge in [0, 0.05) is 5.56 Å². The Morgan fingerprint density at radius 3 is 2.29 bits per heavy atom. The highest BCUT2D eigenvalue weighted by Crippen LogP contribution is 2.37. The largest absolute Gasteiger partial charge is 0.497 e. The fourth-order valence-electron chi connectivity index (χ4n) is 2.71. The number of benzene rings is 2. The van der Waals surface area contributed by atoms with Crippen molar-refractivity contribution >= 4 is 39.5 Å². The summed E-state index contributed by atoms with van der Waals surface area (Å²) in [4.78, 5) is 26.6. The summed E-state index contributed by atoms with van der Waals surface area (Å²) in [5.74, 6) is 0.162. The lowest BCUT2D eigenvalue weighted by Crippen LogP contribution is -2.27. The van der Waals surface area contributed by atoms with Gasteiger partial charge in [-0.15, -0.1) is 11.3 Å². The average molecular weight is 397 g/mol. The van der Waals surface area contributed by atoms with Crippen LogP contribution in [-0.4, -0.2) is 26.0 Å². The number of rotatable bonds is 6. The number of anilines is 3. The number of primary amides is 1. The molecule has 0 spiro atoms. The normalized spacial score (nSPS) is 10.4. The van der Waals surface area contributed by atoms with Crippen LogP contribution in [0.2, 0.25) is 0 Å². The second-order valence-corrected chi connectivity index (χ2v) is 6.69. The Balaban J connectivity index is 2.13. The van der Waals surface area contributed by atoms with E-state index in [0.717, 1.165) is 0 Å². The Labute approximate surface area is 166 Å². The highest BCUT2D eigenvalue weighted by atomic mass is 32.1. The molecule has 144 valence electrons. The molecule has 0 aliphatic heterocycles. The fourth-order valence-corrected chi connectivity index (χ4v) is 3.63. The lowest BCUT2D eigenvalue weighted by Gasteiger charge is -2.23. The first-order chi connectivity index (χ1) is 13.5. The highest BCUT2D eigenvalue weighted by Gasteiger charge is 2.26. The lowest BCUT2D eigenvalue weighted by atomic mass is 10.1. The Hall–Kier alpha value is -3.52. The number of amides is 2. The van der Waals surface area contributed by atoms with Gasteiger partial charge in [0.2, 0.25) is 0 Å². The fraction of sp³-hybridized carbons (Fsp3) is 0.100. The highest BCUT2D eigenvalue weighted by molar-refractivity contribution is 7.15. The van der Waals surface area contributed by atoms with E-state index in [2.05, 4.69) is 0 Å². The van der Waals surface area contributed by atoms with E-state index in [1.807, 2.05) is 0 Å². The predicted molar refractivity (Wildman–Crippen MR) is 110 cm³/mol. The molecule has 0 aliphatic rings. The third kappa shape index (κ3) is 3.63. The van der Waals surface area contributed by atoms with Crippen molar-refractivity contribution < 1.29 is 19.1 Å². The molecule has 0 radical (unpaired) electrons. The smallest absolute Gasteiger partial charge is 0.263 e. The number of carbonyl (C=O) groups excluding carboxylic acids is 2. The van der Waals surface area contributed by atoms with E-state index in [1.54, 1.807) is 61.0 Å². The minimum atomic E-state index is -0.620. The molecular formula is C20H19N3O4S. The topological polar surface area (TPSA) is 108 Å². The van der Waals surface area contributed by atoms with E-state index < -0.39 is 5.91 Å². The molecule has 4 N–H and O–H groups in total. The maximum absolute atomic E-state index is 13.4. The number of nitrogens with zero attached hydrogens (tertiary/aromatic N) is 1. The van der Waals surface area contributed by atoms with Crippen molar-refractivity contribution in [3.8, 4) is 11.5 Å². The Bertz CT molecular complexity index is 1010. The van der Waals surface area contributed by atoms with Crippen molar-refractivity contribution in [2.24, 2.45) is 5.73 Å². The molecule has 0 bridgehead atoms. The van der Waals surface area contributed by atoms with Crippen LogP contribution in [0.15, 0.2) is 53.9 Å². The SMILES string of the molecule is COc1ccc(C(=O)N(c2ccc(OC)c(N)c2)c2sccc2C(N)=O)cc1. The number of nitrogen functional groups attached to an aromatic ring is 1. The first kappa shape index (κ1) is 19.2. The van der Waals surface area contributed by atoms with Gasteiger partial charge in [0.15, 0.2) is 0 Å². The van der Waals surface area contributed by atoms with Gasteiger partial charge in [-0.25, -0.2) is 0 Å². The molecule has 2 aromatic carbocycles. The first-order valence-corrected chi connectivity index (χ1v) is 9.13. The lowest BCUT2D eigenvalue weighted by molar-refractivity contribution is 0.0999. The molecule has 3 aromatic rings. The Morgan fingerprint density at radius 2 is 1.71 bits per heavy atom. The molecule has 1 aromatic heterocycles. The van der Waals surface area contributed by atoms with Gasteiger partial charge in [-0.1, -0.05) is 0 Å². The van der Waals surface area contributed by atoms with Crippen molar-refractivity contribution in [3.05, 3.63) is 65.0 Å². The molecule has 0 saturated heterocycles. The second kappa shape index (κ2) is 8.01. The molecule has 0 saturated carbocycles. The van der Waals surface area contributed by atoms with E-state index in [0.29, 0.717) is 33.4 Å². The molecule has 1 heterocycles. The predicted octanol–water partition coefficient (Wildman–Crippen LogP) is 3.42. The number of nitrogens with two attached hydrogens (primary N) is 2. The van der Waals surface area contributed by atoms with Crippen LogP contribution in [-0.2, 0) is 0 Å². The number of carbonyl (C=O) groups is 2. The van der Waals surface area contributed by atoms with E-state index in [-0.39, 0.29) is 11.5 Å². The Kier molecular flexibility index (Phi) is 5.51. The summed E-state index contributed by atoms with van der Waals surface area (Å²) < 4.78 is 10.3. The third-order valence-electron chi connectivity index (χ3n) is 4.12. The van der Waals surface area contributed by atoms with Gasteiger partial charge in [-0.05, 0) is 53.9 Å². The molecule has 0 atom stereocenters. The zero-order valence-corrected chi connectivity index (χ0v) is 16.2. The van der Waals surface area contributed by atoms with Gasteiger partial charge < -0.3 is 20.9 Å². The monoisotopic (exact) mass is 397 g/mol. The maximum atomic E-state index is 13.4. The molecule has 8 heteroatoms. The van der Waals surface area contributed by atoms with Crippen LogP contribution in [0.3, 0.4) is 0 Å². The van der Waals surface area contributed by atoms with Crippen molar-refractivity contribution in [3.63, 3.8) is 0 Å². The summed E-state index contributed by atoms with van der Waals surface area (Å²) in [7, 11) is 3.06. The van der Waals surface area contributed by atoms with Gasteiger partial charge in [0.25, 0.3) is 11.8 Å². The zero-order valence-electron chi connectivity index (χ0n) is 15.3. The van der Waals surface area contributed by atoms with Crippen molar-refractivity contribution in [2.75, 3.05) is 24.9 Å². The molecule has 2 amide bonds. The number of thiophene rings is 1. The van der Waals surface area contributed by atoms with Crippen LogP contribution in [0.5, 0.6) is 11.5 Å². The molecule has 28 heavy (non-hydrogen) atoms. The molecule has 7 nitrogen and oxygen atoms in total. The molecule has 3 rings (SSSR count). The maximum Gasteiger partial charge on any atom is 0.263 e. The summed E-state index contributed by atoms with van der Waals surface area (Å²) in [6.07, 6.45) is 0. The van der Waals surface area contributed by atoms with Crippen molar-refractivity contribution in [2.45, 2.75) is 0 Å². The first-order valence-electron chi connectivity index (χ1n) is 8.25. The van der Waals surface area contributed by atoms with E-state index in [4.69, 9.17) is 20.9 Å². The van der Waals surface area contributed by atoms with Crippen LogP contribution in [0.25, 0.3) is 0 Å². The van der Waals surface area contributed by atoms with Crippen LogP contribution >= 0.6 is 11.3 Å². The molecule has 0 fully saturated rings. The van der Waals surface area contributed by atoms with Gasteiger partial charge in [0.1, 0.15) is 16.5 Å². The molecule has 0 aliphatic carbocycles. The standard InChI is InChI=1S/C20H19N3O4S/c1-26-14-6-3-12(4-7-14)19(25)23(20-15(18(22)24)9-10-28-20)13-5-8-17(27-2)16(21)11-13/h3-11H,21H2,1-2H3,(H2,22,24). The minimum Gasteiger partial charge on any atom is -0.497 e. The molecular weight excluding hydrogens is 378 g/mol. The van der Waals surface area contributed by atoms with Crippen molar-refractivity contribution in [1.29, 1.82) is 0 Å². The van der Waals surface area contributed by atoms with Crippen LogP contribution in [0.1, 0.15) is 20.7 Å². The third-order valence-corrected chi connectivity index (χ3v) is 5.02. The average Bonchev–Trinajstić information content (AvgIpc) is 3.18. The zero-order chi connectivity index (χ0) is 20.3. The van der Waals surface area contributed by atoms with Crippen LogP contribution in [0.4, 0.5) is 16.4 Å². The van der Waals surface area contributed by atoms with Crippen molar-refractivity contribution in [1.82, 2.24) is 0 Å². The van der Waals surface area contributed by atoms with Gasteiger partial charge in [-0.3, -0.25) is 14.5 Å². The summed E-state index contributed by atoms with van der Waals surface area (Å²) in [6.45, 7) is 0. The van der Waals surface area contributed by atoms with Crippen LogP contribution in [0, 0.1) is 0 Å². The Morgan fingerprint density at radius 1 is 1.00 bits per heavy atom. The number of hydrogen-bond donors (Lipinski definition) is 2. The quantitative estimate of drug-likeness (QED) is 0.620. The number of hydrogen-bond acceptors (Lipinski definition) is 6. The van der Waals surface area contributed by atoms with Crippen LogP contribution < -0.4 is 25.8 Å². The van der Waals surface area contributed by atoms with Gasteiger partial charge in [0.05, 0.1) is 31.2 Å².